The summed E-state index contributed by atoms with van der Waals surface area (Å²) in [4.78, 5) is 11.0. The Hall–Kier alpha value is -1.05. The van der Waals surface area contributed by atoms with Gasteiger partial charge in [0.25, 0.3) is 0 Å². The molecule has 0 heterocycles. The topological polar surface area (TPSA) is 26.3 Å². The molecule has 0 saturated heterocycles. The molecular weight excluding hydrogens is 176 g/mol. The van der Waals surface area contributed by atoms with Crippen LogP contribution in [0.1, 0.15) is 39.5 Å². The van der Waals surface area contributed by atoms with Crippen LogP contribution in [0.5, 0.6) is 0 Å². The highest BCUT2D eigenvalue weighted by atomic mass is 16.5. The maximum atomic E-state index is 11.0. The molecule has 0 N–H and O–H groups in total. The van der Waals surface area contributed by atoms with Crippen LogP contribution in [-0.2, 0) is 9.53 Å². The van der Waals surface area contributed by atoms with Crippen molar-refractivity contribution in [2.45, 2.75) is 39.5 Å². The Labute approximate surface area is 86.6 Å². The third-order valence-electron chi connectivity index (χ3n) is 1.65. The van der Waals surface area contributed by atoms with Gasteiger partial charge in [-0.1, -0.05) is 44.9 Å². The van der Waals surface area contributed by atoms with Gasteiger partial charge in [-0.3, -0.25) is 0 Å². The second kappa shape index (κ2) is 10.0. The first-order valence-corrected chi connectivity index (χ1v) is 5.29. The van der Waals surface area contributed by atoms with Gasteiger partial charge in [0.2, 0.25) is 0 Å². The molecule has 0 rings (SSSR count). The van der Waals surface area contributed by atoms with Crippen LogP contribution in [0.25, 0.3) is 0 Å². The average molecular weight is 196 g/mol. The molecule has 0 amide bonds. The van der Waals surface area contributed by atoms with Crippen molar-refractivity contribution < 1.29 is 9.53 Å². The number of unbranched alkanes of at least 4 members (excludes halogenated alkanes) is 2. The lowest BCUT2D eigenvalue weighted by Crippen LogP contribution is -1.99. The molecule has 0 spiro atoms. The minimum absolute atomic E-state index is 0.250. The molecule has 2 nitrogen and oxygen atoms in total. The molecule has 0 bridgehead atoms. The molecule has 0 aliphatic heterocycles. The second-order valence-electron chi connectivity index (χ2n) is 3.08. The first-order chi connectivity index (χ1) is 6.81. The normalized spacial score (nSPS) is 11.3. The van der Waals surface area contributed by atoms with E-state index in [1.807, 2.05) is 18.2 Å². The fourth-order valence-electron chi connectivity index (χ4n) is 0.877. The van der Waals surface area contributed by atoms with E-state index in [0.717, 1.165) is 25.7 Å². The number of hydrogen-bond acceptors (Lipinski definition) is 2. The molecule has 0 unspecified atom stereocenters. The Balaban J connectivity index is 3.44. The van der Waals surface area contributed by atoms with Crippen molar-refractivity contribution in [1.29, 1.82) is 0 Å². The molecule has 0 aromatic heterocycles. The molecule has 0 atom stereocenters. The molecule has 0 saturated carbocycles. The first kappa shape index (κ1) is 12.9. The largest absolute Gasteiger partial charge is 0.458 e. The van der Waals surface area contributed by atoms with E-state index in [-0.39, 0.29) is 5.97 Å². The third-order valence-corrected chi connectivity index (χ3v) is 1.65. The molecule has 0 radical (unpaired) electrons. The van der Waals surface area contributed by atoms with Crippen molar-refractivity contribution in [3.05, 3.63) is 24.3 Å². The van der Waals surface area contributed by atoms with Gasteiger partial charge in [-0.15, -0.1) is 0 Å². The van der Waals surface area contributed by atoms with Crippen LogP contribution in [0.3, 0.4) is 0 Å². The van der Waals surface area contributed by atoms with Crippen molar-refractivity contribution in [2.24, 2.45) is 0 Å². The zero-order valence-corrected chi connectivity index (χ0v) is 9.16. The van der Waals surface area contributed by atoms with Crippen molar-refractivity contribution in [3.8, 4) is 0 Å². The number of ether oxygens (including phenoxy) is 1. The number of allylic oxidation sites excluding steroid dienone is 2. The summed E-state index contributed by atoms with van der Waals surface area (Å²) in [6, 6.07) is 0. The number of carbonyl (C=O) groups excluding carboxylic acids is 1. The predicted octanol–water partition coefficient (Wildman–Crippen LogP) is 3.24. The Bertz CT molecular complexity index is 192. The molecule has 0 aromatic carbocycles. The molecule has 2 heteroatoms. The number of carbonyl (C=O) groups is 1. The Morgan fingerprint density at radius 2 is 1.71 bits per heavy atom. The quantitative estimate of drug-likeness (QED) is 0.355. The summed E-state index contributed by atoms with van der Waals surface area (Å²) in [6.45, 7) is 4.57. The number of esters is 1. The zero-order valence-electron chi connectivity index (χ0n) is 9.16. The monoisotopic (exact) mass is 196 g/mol. The summed E-state index contributed by atoms with van der Waals surface area (Å²) in [5.74, 6) is -0.250. The smallest absolute Gasteiger partial charge is 0.330 e. The lowest BCUT2D eigenvalue weighted by molar-refractivity contribution is -0.136. The van der Waals surface area contributed by atoms with Crippen LogP contribution < -0.4 is 0 Å². The van der Waals surface area contributed by atoms with Gasteiger partial charge >= 0.3 is 5.97 Å². The van der Waals surface area contributed by atoms with Crippen molar-refractivity contribution >= 4 is 5.97 Å². The standard InChI is InChI=1S/C12H20O2/c1-3-5-7-9-11-14-12(13)10-8-6-4-2/h7-10H,3-6,11H2,1-2H3. The lowest BCUT2D eigenvalue weighted by atomic mass is 10.3. The molecular formula is C12H20O2. The average Bonchev–Trinajstić information content (AvgIpc) is 2.18. The maximum Gasteiger partial charge on any atom is 0.330 e. The van der Waals surface area contributed by atoms with Crippen LogP contribution in [0.4, 0.5) is 0 Å². The van der Waals surface area contributed by atoms with Gasteiger partial charge in [-0.25, -0.2) is 4.79 Å². The van der Waals surface area contributed by atoms with Gasteiger partial charge in [0, 0.05) is 6.08 Å². The van der Waals surface area contributed by atoms with E-state index in [9.17, 15) is 4.79 Å². The SMILES string of the molecule is CCCC=CCOC(=O)C=CCCC. The summed E-state index contributed by atoms with van der Waals surface area (Å²) in [5.41, 5.74) is 0. The van der Waals surface area contributed by atoms with Crippen molar-refractivity contribution in [1.82, 2.24) is 0 Å². The third kappa shape index (κ3) is 9.04. The molecule has 14 heavy (non-hydrogen) atoms. The highest BCUT2D eigenvalue weighted by Gasteiger charge is 1.92. The van der Waals surface area contributed by atoms with Crippen molar-refractivity contribution in [2.75, 3.05) is 6.61 Å². The van der Waals surface area contributed by atoms with E-state index in [0.29, 0.717) is 6.61 Å². The zero-order chi connectivity index (χ0) is 10.6. The highest BCUT2D eigenvalue weighted by molar-refractivity contribution is 5.81. The maximum absolute atomic E-state index is 11.0. The summed E-state index contributed by atoms with van der Waals surface area (Å²) in [6.07, 6.45) is 11.4. The van der Waals surface area contributed by atoms with Crippen LogP contribution in [0, 0.1) is 0 Å². The minimum atomic E-state index is -0.250. The summed E-state index contributed by atoms with van der Waals surface area (Å²) < 4.78 is 4.92. The van der Waals surface area contributed by atoms with Gasteiger partial charge in [-0.2, -0.15) is 0 Å². The number of rotatable bonds is 7. The highest BCUT2D eigenvalue weighted by Crippen LogP contribution is 1.91. The molecule has 0 fully saturated rings. The fourth-order valence-corrected chi connectivity index (χ4v) is 0.877. The molecule has 0 aliphatic rings. The van der Waals surface area contributed by atoms with Crippen LogP contribution >= 0.6 is 0 Å². The molecule has 80 valence electrons. The fraction of sp³-hybridized carbons (Fsp3) is 0.583. The van der Waals surface area contributed by atoms with Gasteiger partial charge in [-0.05, 0) is 12.8 Å². The van der Waals surface area contributed by atoms with Crippen LogP contribution in [0.15, 0.2) is 24.3 Å². The van der Waals surface area contributed by atoms with E-state index >= 15 is 0 Å². The van der Waals surface area contributed by atoms with Gasteiger partial charge < -0.3 is 4.74 Å². The summed E-state index contributed by atoms with van der Waals surface area (Å²) in [5, 5.41) is 0. The lowest BCUT2D eigenvalue weighted by Gasteiger charge is -1.95. The van der Waals surface area contributed by atoms with Crippen LogP contribution in [-0.4, -0.2) is 12.6 Å². The predicted molar refractivity (Wildman–Crippen MR) is 59.1 cm³/mol. The van der Waals surface area contributed by atoms with Crippen molar-refractivity contribution in [3.63, 3.8) is 0 Å². The Kier molecular flexibility index (Phi) is 9.28. The Morgan fingerprint density at radius 1 is 1.07 bits per heavy atom. The minimum Gasteiger partial charge on any atom is -0.458 e. The molecule has 0 aromatic rings. The van der Waals surface area contributed by atoms with E-state index in [2.05, 4.69) is 13.8 Å². The van der Waals surface area contributed by atoms with Gasteiger partial charge in [0.15, 0.2) is 0 Å². The molecule has 0 aliphatic carbocycles. The van der Waals surface area contributed by atoms with E-state index in [1.165, 1.54) is 6.08 Å². The van der Waals surface area contributed by atoms with Crippen LogP contribution in [0.2, 0.25) is 0 Å². The first-order valence-electron chi connectivity index (χ1n) is 5.29. The van der Waals surface area contributed by atoms with E-state index in [4.69, 9.17) is 4.74 Å². The summed E-state index contributed by atoms with van der Waals surface area (Å²) in [7, 11) is 0. The van der Waals surface area contributed by atoms with Gasteiger partial charge in [0.1, 0.15) is 6.61 Å². The second-order valence-corrected chi connectivity index (χ2v) is 3.08. The number of hydrogen-bond donors (Lipinski definition) is 0. The van der Waals surface area contributed by atoms with Gasteiger partial charge in [0.05, 0.1) is 0 Å². The summed E-state index contributed by atoms with van der Waals surface area (Å²) >= 11 is 0. The Morgan fingerprint density at radius 3 is 2.36 bits per heavy atom. The van der Waals surface area contributed by atoms with E-state index < -0.39 is 0 Å². The van der Waals surface area contributed by atoms with E-state index in [1.54, 1.807) is 0 Å².